The molecule has 1 aromatic carbocycles. The Bertz CT molecular complexity index is 585. The molecule has 19 heavy (non-hydrogen) atoms. The van der Waals surface area contributed by atoms with Gasteiger partial charge >= 0.3 is 0 Å². The van der Waals surface area contributed by atoms with Gasteiger partial charge in [-0.25, -0.2) is 0 Å². The van der Waals surface area contributed by atoms with Crippen molar-refractivity contribution >= 4 is 17.4 Å². The summed E-state index contributed by atoms with van der Waals surface area (Å²) in [5, 5.41) is 0.677. The third-order valence-electron chi connectivity index (χ3n) is 2.81. The number of aryl methyl sites for hydroxylation is 1. The van der Waals surface area contributed by atoms with Gasteiger partial charge in [0.25, 0.3) is 0 Å². The first-order chi connectivity index (χ1) is 8.97. The Kier molecular flexibility index (Phi) is 4.08. The van der Waals surface area contributed by atoms with E-state index < -0.39 is 0 Å². The van der Waals surface area contributed by atoms with Gasteiger partial charge < -0.3 is 9.32 Å². The van der Waals surface area contributed by atoms with E-state index in [0.717, 1.165) is 5.56 Å². The average molecular weight is 278 g/mol. The molecule has 0 N–H and O–H groups in total. The number of furan rings is 1. The zero-order valence-corrected chi connectivity index (χ0v) is 12.0. The van der Waals surface area contributed by atoms with Crippen molar-refractivity contribution in [3.8, 4) is 11.3 Å². The number of hydrogen-bond donors (Lipinski definition) is 0. The number of halogens is 1. The van der Waals surface area contributed by atoms with Gasteiger partial charge in [-0.1, -0.05) is 11.6 Å². The van der Waals surface area contributed by atoms with Crippen LogP contribution in [0.4, 0.5) is 0 Å². The zero-order chi connectivity index (χ0) is 14.0. The quantitative estimate of drug-likeness (QED) is 0.800. The second kappa shape index (κ2) is 5.59. The molecule has 0 aliphatic heterocycles. The van der Waals surface area contributed by atoms with E-state index >= 15 is 0 Å². The van der Waals surface area contributed by atoms with Gasteiger partial charge in [0.15, 0.2) is 5.78 Å². The third-order valence-corrected chi connectivity index (χ3v) is 3.06. The molecule has 0 unspecified atom stereocenters. The molecule has 4 heteroatoms. The summed E-state index contributed by atoms with van der Waals surface area (Å²) in [6.45, 7) is 2.18. The van der Waals surface area contributed by atoms with E-state index in [1.54, 1.807) is 18.2 Å². The lowest BCUT2D eigenvalue weighted by molar-refractivity contribution is 0.0956. The van der Waals surface area contributed by atoms with E-state index in [1.165, 1.54) is 0 Å². The average Bonchev–Trinajstić information content (AvgIpc) is 2.71. The van der Waals surface area contributed by atoms with Crippen LogP contribution >= 0.6 is 11.6 Å². The third kappa shape index (κ3) is 3.25. The van der Waals surface area contributed by atoms with Crippen LogP contribution in [0.25, 0.3) is 11.3 Å². The Balaban J connectivity index is 2.30. The maximum Gasteiger partial charge on any atom is 0.180 e. The summed E-state index contributed by atoms with van der Waals surface area (Å²) in [6.07, 6.45) is 0. The van der Waals surface area contributed by atoms with Crippen LogP contribution in [-0.2, 0) is 0 Å². The lowest BCUT2D eigenvalue weighted by Crippen LogP contribution is -2.21. The minimum Gasteiger partial charge on any atom is -0.461 e. The van der Waals surface area contributed by atoms with Crippen molar-refractivity contribution in [2.24, 2.45) is 0 Å². The number of nitrogens with zero attached hydrogens (tertiary/aromatic N) is 1. The molecule has 2 aromatic rings. The fourth-order valence-electron chi connectivity index (χ4n) is 1.89. The van der Waals surface area contributed by atoms with Crippen molar-refractivity contribution in [1.82, 2.24) is 4.90 Å². The molecule has 1 heterocycles. The highest BCUT2D eigenvalue weighted by Crippen LogP contribution is 2.26. The lowest BCUT2D eigenvalue weighted by atomic mass is 10.1. The van der Waals surface area contributed by atoms with Crippen molar-refractivity contribution in [3.05, 3.63) is 46.7 Å². The van der Waals surface area contributed by atoms with Gasteiger partial charge in [-0.05, 0) is 51.4 Å². The van der Waals surface area contributed by atoms with Crippen LogP contribution in [0.2, 0.25) is 5.02 Å². The van der Waals surface area contributed by atoms with Gasteiger partial charge in [-0.2, -0.15) is 0 Å². The van der Waals surface area contributed by atoms with Gasteiger partial charge in [0.2, 0.25) is 0 Å². The van der Waals surface area contributed by atoms with E-state index in [1.807, 2.05) is 38.1 Å². The lowest BCUT2D eigenvalue weighted by Gasteiger charge is -2.06. The summed E-state index contributed by atoms with van der Waals surface area (Å²) >= 11 is 5.85. The van der Waals surface area contributed by atoms with Crippen LogP contribution in [-0.4, -0.2) is 31.3 Å². The predicted molar refractivity (Wildman–Crippen MR) is 76.8 cm³/mol. The van der Waals surface area contributed by atoms with Crippen LogP contribution in [0.15, 0.2) is 34.7 Å². The second-order valence-electron chi connectivity index (χ2n) is 4.75. The number of likely N-dealkylation sites (N-methyl/N-ethyl adjacent to an activating group) is 1. The highest BCUT2D eigenvalue weighted by molar-refractivity contribution is 6.30. The number of carbonyl (C=O) groups excluding carboxylic acids is 1. The highest BCUT2D eigenvalue weighted by Gasteiger charge is 2.16. The first-order valence-electron chi connectivity index (χ1n) is 6.01. The molecule has 0 saturated heterocycles. The van der Waals surface area contributed by atoms with E-state index in [2.05, 4.69) is 0 Å². The Labute approximate surface area is 117 Å². The Morgan fingerprint density at radius 1 is 1.26 bits per heavy atom. The fraction of sp³-hybridized carbons (Fsp3) is 0.267. The summed E-state index contributed by atoms with van der Waals surface area (Å²) in [5.41, 5.74) is 1.55. The monoisotopic (exact) mass is 277 g/mol. The zero-order valence-electron chi connectivity index (χ0n) is 11.2. The highest BCUT2D eigenvalue weighted by atomic mass is 35.5. The van der Waals surface area contributed by atoms with Crippen molar-refractivity contribution in [2.75, 3.05) is 20.6 Å². The van der Waals surface area contributed by atoms with E-state index in [9.17, 15) is 4.79 Å². The molecule has 0 atom stereocenters. The first kappa shape index (κ1) is 13.8. The van der Waals surface area contributed by atoms with Crippen LogP contribution in [0.1, 0.15) is 16.1 Å². The normalized spacial score (nSPS) is 11.0. The number of rotatable bonds is 4. The van der Waals surface area contributed by atoms with Crippen molar-refractivity contribution in [3.63, 3.8) is 0 Å². The van der Waals surface area contributed by atoms with Crippen LogP contribution in [0.3, 0.4) is 0 Å². The Hall–Kier alpha value is -1.58. The summed E-state index contributed by atoms with van der Waals surface area (Å²) in [6, 6.07) is 9.15. The van der Waals surface area contributed by atoms with Crippen LogP contribution in [0.5, 0.6) is 0 Å². The molecule has 0 spiro atoms. The summed E-state index contributed by atoms with van der Waals surface area (Å²) in [5.74, 6) is 1.40. The van der Waals surface area contributed by atoms with Crippen molar-refractivity contribution in [1.29, 1.82) is 0 Å². The summed E-state index contributed by atoms with van der Waals surface area (Å²) in [4.78, 5) is 13.9. The molecule has 0 fully saturated rings. The predicted octanol–water partition coefficient (Wildman–Crippen LogP) is 3.65. The molecular weight excluding hydrogens is 262 g/mol. The second-order valence-corrected chi connectivity index (χ2v) is 5.18. The maximum atomic E-state index is 12.1. The number of benzene rings is 1. The Morgan fingerprint density at radius 2 is 1.89 bits per heavy atom. The van der Waals surface area contributed by atoms with Crippen LogP contribution in [0, 0.1) is 6.92 Å². The van der Waals surface area contributed by atoms with Gasteiger partial charge in [-0.15, -0.1) is 0 Å². The molecule has 100 valence electrons. The largest absolute Gasteiger partial charge is 0.461 e. The molecule has 0 aliphatic carbocycles. The maximum absolute atomic E-state index is 12.1. The number of ketones is 1. The van der Waals surface area contributed by atoms with Gasteiger partial charge in [0, 0.05) is 10.6 Å². The Morgan fingerprint density at radius 3 is 2.47 bits per heavy atom. The van der Waals surface area contributed by atoms with Gasteiger partial charge in [-0.3, -0.25) is 4.79 Å². The molecule has 0 amide bonds. The first-order valence-corrected chi connectivity index (χ1v) is 6.39. The summed E-state index contributed by atoms with van der Waals surface area (Å²) in [7, 11) is 3.74. The SMILES string of the molecule is Cc1oc(-c2ccc(Cl)cc2)cc1C(=O)CN(C)C. The molecule has 2 rings (SSSR count). The number of carbonyl (C=O) groups is 1. The number of hydrogen-bond acceptors (Lipinski definition) is 3. The van der Waals surface area contributed by atoms with Gasteiger partial charge in [0.05, 0.1) is 12.1 Å². The minimum atomic E-state index is 0.0615. The van der Waals surface area contributed by atoms with Gasteiger partial charge in [0.1, 0.15) is 11.5 Å². The topological polar surface area (TPSA) is 33.5 Å². The fourth-order valence-corrected chi connectivity index (χ4v) is 2.01. The van der Waals surface area contributed by atoms with E-state index in [0.29, 0.717) is 28.7 Å². The standard InChI is InChI=1S/C15H16ClNO2/c1-10-13(14(18)9-17(2)3)8-15(19-10)11-4-6-12(16)7-5-11/h4-8H,9H2,1-3H3. The van der Waals surface area contributed by atoms with Crippen molar-refractivity contribution < 1.29 is 9.21 Å². The molecule has 0 bridgehead atoms. The molecule has 1 aromatic heterocycles. The summed E-state index contributed by atoms with van der Waals surface area (Å²) < 4.78 is 5.66. The van der Waals surface area contributed by atoms with E-state index in [-0.39, 0.29) is 5.78 Å². The van der Waals surface area contributed by atoms with Crippen molar-refractivity contribution in [2.45, 2.75) is 6.92 Å². The number of Topliss-reactive ketones (excluding diaryl/α,β-unsaturated/α-hetero) is 1. The van der Waals surface area contributed by atoms with Crippen LogP contribution < -0.4 is 0 Å². The molecule has 0 saturated carbocycles. The smallest absolute Gasteiger partial charge is 0.180 e. The molecular formula is C15H16ClNO2. The molecule has 0 radical (unpaired) electrons. The molecule has 3 nitrogen and oxygen atoms in total. The molecule has 0 aliphatic rings. The minimum absolute atomic E-state index is 0.0615. The van der Waals surface area contributed by atoms with E-state index in [4.69, 9.17) is 16.0 Å².